The number of likely N-dealkylation sites (tertiary alicyclic amines) is 1. The van der Waals surface area contributed by atoms with E-state index >= 15 is 0 Å². The van der Waals surface area contributed by atoms with Gasteiger partial charge in [-0.2, -0.15) is 0 Å². The average Bonchev–Trinajstić information content (AvgIpc) is 2.95. The fourth-order valence-corrected chi connectivity index (χ4v) is 3.06. The molecule has 0 aromatic heterocycles. The second kappa shape index (κ2) is 6.35. The van der Waals surface area contributed by atoms with Crippen molar-refractivity contribution in [3.63, 3.8) is 0 Å². The van der Waals surface area contributed by atoms with Crippen LogP contribution in [-0.4, -0.2) is 48.3 Å². The maximum absolute atomic E-state index is 12.1. The highest BCUT2D eigenvalue weighted by Crippen LogP contribution is 2.23. The first-order valence-corrected chi connectivity index (χ1v) is 7.81. The molecule has 0 spiro atoms. The highest BCUT2D eigenvalue weighted by molar-refractivity contribution is 5.90. The number of carbonyl (C=O) groups excluding carboxylic acids is 1. The van der Waals surface area contributed by atoms with Crippen molar-refractivity contribution in [2.75, 3.05) is 36.4 Å². The molecule has 2 N–H and O–H groups in total. The number of aliphatic hydroxyl groups is 1. The highest BCUT2D eigenvalue weighted by Gasteiger charge is 2.24. The lowest BCUT2D eigenvalue weighted by Gasteiger charge is -2.29. The minimum absolute atomic E-state index is 0.123. The quantitative estimate of drug-likeness (QED) is 0.878. The Morgan fingerprint density at radius 1 is 1.19 bits per heavy atom. The van der Waals surface area contributed by atoms with Crippen LogP contribution in [0.3, 0.4) is 0 Å². The van der Waals surface area contributed by atoms with E-state index in [-0.39, 0.29) is 12.1 Å². The summed E-state index contributed by atoms with van der Waals surface area (Å²) in [6.45, 7) is 3.24. The second-order valence-electron chi connectivity index (χ2n) is 5.92. The van der Waals surface area contributed by atoms with Crippen LogP contribution in [0.1, 0.15) is 25.7 Å². The van der Waals surface area contributed by atoms with Crippen molar-refractivity contribution in [3.8, 4) is 0 Å². The number of rotatable bonds is 2. The summed E-state index contributed by atoms with van der Waals surface area (Å²) in [7, 11) is 0. The van der Waals surface area contributed by atoms with E-state index < -0.39 is 0 Å². The summed E-state index contributed by atoms with van der Waals surface area (Å²) in [5.41, 5.74) is 2.00. The molecule has 2 aliphatic heterocycles. The molecule has 1 atom stereocenters. The fourth-order valence-electron chi connectivity index (χ4n) is 3.06. The Balaban J connectivity index is 1.64. The predicted octanol–water partition coefficient (Wildman–Crippen LogP) is 2.28. The van der Waals surface area contributed by atoms with Crippen LogP contribution in [0.4, 0.5) is 16.2 Å². The monoisotopic (exact) mass is 289 g/mol. The normalized spacial score (nSPS) is 22.4. The van der Waals surface area contributed by atoms with Gasteiger partial charge in [-0.3, -0.25) is 0 Å². The highest BCUT2D eigenvalue weighted by atomic mass is 16.3. The van der Waals surface area contributed by atoms with Crippen LogP contribution in [0.5, 0.6) is 0 Å². The summed E-state index contributed by atoms with van der Waals surface area (Å²) in [4.78, 5) is 16.2. The van der Waals surface area contributed by atoms with Crippen LogP contribution in [0.25, 0.3) is 0 Å². The number of urea groups is 1. The number of nitrogens with zero attached hydrogens (tertiary/aromatic N) is 2. The van der Waals surface area contributed by atoms with Gasteiger partial charge in [0.15, 0.2) is 0 Å². The van der Waals surface area contributed by atoms with E-state index in [2.05, 4.69) is 16.3 Å². The number of carbonyl (C=O) groups is 1. The van der Waals surface area contributed by atoms with Crippen LogP contribution in [-0.2, 0) is 0 Å². The van der Waals surface area contributed by atoms with Gasteiger partial charge in [0.05, 0.1) is 6.10 Å². The number of β-amino-alcohol motifs (C(OH)–C–C–N with tert-alkyl or cyclic N) is 1. The van der Waals surface area contributed by atoms with E-state index in [0.29, 0.717) is 19.5 Å². The Hall–Kier alpha value is -1.75. The first-order valence-electron chi connectivity index (χ1n) is 7.81. The molecule has 21 heavy (non-hydrogen) atoms. The Labute approximate surface area is 125 Å². The molecule has 2 saturated heterocycles. The first-order chi connectivity index (χ1) is 10.2. The Kier molecular flexibility index (Phi) is 4.29. The lowest BCUT2D eigenvalue weighted by Crippen LogP contribution is -2.33. The standard InChI is InChI=1S/C16H23N3O2/c20-15-7-10-19(12-15)16(21)17-13-5-4-6-14(11-13)18-8-2-1-3-9-18/h4-6,11,15,20H,1-3,7-10,12H2,(H,17,21)/t15-/m0/s1. The molecule has 2 aliphatic rings. The van der Waals surface area contributed by atoms with E-state index in [1.165, 1.54) is 24.9 Å². The molecule has 5 nitrogen and oxygen atoms in total. The van der Waals surface area contributed by atoms with Gasteiger partial charge >= 0.3 is 6.03 Å². The smallest absolute Gasteiger partial charge is 0.321 e. The number of nitrogens with one attached hydrogen (secondary N) is 1. The number of amides is 2. The largest absolute Gasteiger partial charge is 0.391 e. The number of aliphatic hydroxyl groups excluding tert-OH is 1. The molecule has 0 bridgehead atoms. The minimum atomic E-state index is -0.379. The average molecular weight is 289 g/mol. The zero-order valence-electron chi connectivity index (χ0n) is 12.3. The maximum atomic E-state index is 12.1. The van der Waals surface area contributed by atoms with Crippen molar-refractivity contribution in [3.05, 3.63) is 24.3 Å². The van der Waals surface area contributed by atoms with E-state index in [1.807, 2.05) is 18.2 Å². The van der Waals surface area contributed by atoms with Crippen LogP contribution in [0.15, 0.2) is 24.3 Å². The molecule has 1 aromatic rings. The van der Waals surface area contributed by atoms with Crippen molar-refractivity contribution < 1.29 is 9.90 Å². The maximum Gasteiger partial charge on any atom is 0.321 e. The third kappa shape index (κ3) is 3.47. The molecule has 2 fully saturated rings. The summed E-state index contributed by atoms with van der Waals surface area (Å²) in [5, 5.41) is 12.4. The van der Waals surface area contributed by atoms with Crippen LogP contribution < -0.4 is 10.2 Å². The summed E-state index contributed by atoms with van der Waals surface area (Å²) in [5.74, 6) is 0. The van der Waals surface area contributed by atoms with E-state index in [0.717, 1.165) is 18.8 Å². The third-order valence-corrected chi connectivity index (χ3v) is 4.27. The number of anilines is 2. The number of hydrogen-bond acceptors (Lipinski definition) is 3. The zero-order valence-corrected chi connectivity index (χ0v) is 12.3. The number of benzene rings is 1. The molecule has 0 unspecified atom stereocenters. The summed E-state index contributed by atoms with van der Waals surface area (Å²) < 4.78 is 0. The summed E-state index contributed by atoms with van der Waals surface area (Å²) in [6.07, 6.45) is 4.08. The Bertz CT molecular complexity index is 500. The number of hydrogen-bond donors (Lipinski definition) is 2. The van der Waals surface area contributed by atoms with E-state index in [9.17, 15) is 9.90 Å². The van der Waals surface area contributed by atoms with Gasteiger partial charge in [-0.1, -0.05) is 6.07 Å². The van der Waals surface area contributed by atoms with Crippen molar-refractivity contribution in [2.24, 2.45) is 0 Å². The Morgan fingerprint density at radius 2 is 2.00 bits per heavy atom. The molecular formula is C16H23N3O2. The van der Waals surface area contributed by atoms with Crippen LogP contribution in [0, 0.1) is 0 Å². The third-order valence-electron chi connectivity index (χ3n) is 4.27. The van der Waals surface area contributed by atoms with Gasteiger partial charge in [0.2, 0.25) is 0 Å². The van der Waals surface area contributed by atoms with Crippen LogP contribution in [0.2, 0.25) is 0 Å². The predicted molar refractivity (Wildman–Crippen MR) is 83.7 cm³/mol. The molecule has 5 heteroatoms. The van der Waals surface area contributed by atoms with Gasteiger partial charge in [0.25, 0.3) is 0 Å². The fraction of sp³-hybridized carbons (Fsp3) is 0.562. The van der Waals surface area contributed by atoms with Crippen molar-refractivity contribution in [1.82, 2.24) is 4.90 Å². The van der Waals surface area contributed by atoms with Gasteiger partial charge in [0.1, 0.15) is 0 Å². The van der Waals surface area contributed by atoms with Gasteiger partial charge in [-0.05, 0) is 43.9 Å². The van der Waals surface area contributed by atoms with Crippen molar-refractivity contribution in [2.45, 2.75) is 31.8 Å². The summed E-state index contributed by atoms with van der Waals surface area (Å²) in [6, 6.07) is 7.91. The number of piperidine rings is 1. The molecule has 3 rings (SSSR count). The molecule has 114 valence electrons. The topological polar surface area (TPSA) is 55.8 Å². The molecular weight excluding hydrogens is 266 g/mol. The van der Waals surface area contributed by atoms with E-state index in [4.69, 9.17) is 0 Å². The van der Waals surface area contributed by atoms with E-state index in [1.54, 1.807) is 4.90 Å². The SMILES string of the molecule is O=C(Nc1cccc(N2CCCCC2)c1)N1CC[C@H](O)C1. The zero-order chi connectivity index (χ0) is 14.7. The second-order valence-corrected chi connectivity index (χ2v) is 5.92. The summed E-state index contributed by atoms with van der Waals surface area (Å²) >= 11 is 0. The Morgan fingerprint density at radius 3 is 2.71 bits per heavy atom. The van der Waals surface area contributed by atoms with Crippen molar-refractivity contribution in [1.29, 1.82) is 0 Å². The molecule has 0 saturated carbocycles. The lowest BCUT2D eigenvalue weighted by molar-refractivity contribution is 0.176. The first kappa shape index (κ1) is 14.2. The molecule has 0 aliphatic carbocycles. The van der Waals surface area contributed by atoms with Gasteiger partial charge in [-0.25, -0.2) is 4.79 Å². The van der Waals surface area contributed by atoms with Gasteiger partial charge < -0.3 is 20.2 Å². The van der Waals surface area contributed by atoms with Gasteiger partial charge in [0, 0.05) is 37.6 Å². The molecule has 0 radical (unpaired) electrons. The molecule has 1 aromatic carbocycles. The molecule has 2 amide bonds. The van der Waals surface area contributed by atoms with Crippen molar-refractivity contribution >= 4 is 17.4 Å². The molecule has 2 heterocycles. The lowest BCUT2D eigenvalue weighted by atomic mass is 10.1. The van der Waals surface area contributed by atoms with Gasteiger partial charge in [-0.15, -0.1) is 0 Å². The van der Waals surface area contributed by atoms with Crippen LogP contribution >= 0.6 is 0 Å². The minimum Gasteiger partial charge on any atom is -0.391 e.